The van der Waals surface area contributed by atoms with Crippen LogP contribution in [0.3, 0.4) is 0 Å². The number of likely N-dealkylation sites (N-methyl/N-ethyl adjacent to an activating group) is 1. The van der Waals surface area contributed by atoms with Gasteiger partial charge < -0.3 is 10.2 Å². The highest BCUT2D eigenvalue weighted by Crippen LogP contribution is 2.30. The number of piperazine rings is 1. The molecular weight excluding hydrogens is 492 g/mol. The van der Waals surface area contributed by atoms with Crippen molar-refractivity contribution in [3.8, 4) is 0 Å². The Hall–Kier alpha value is -2.12. The summed E-state index contributed by atoms with van der Waals surface area (Å²) in [5, 5.41) is 4.27. The molecule has 37 heavy (non-hydrogen) atoms. The van der Waals surface area contributed by atoms with E-state index in [1.165, 1.54) is 0 Å². The van der Waals surface area contributed by atoms with Crippen LogP contribution in [0.25, 0.3) is 11.0 Å². The molecule has 1 aliphatic carbocycles. The SMILES string of the molecule is CN1CCN(C2CN(S(=O)(=O)N3CCC(Nc4ncc5ccc(=O)n(C6CCCC6)c5n4)CC3)C2)CC1. The van der Waals surface area contributed by atoms with Crippen LogP contribution in [-0.2, 0) is 10.2 Å². The lowest BCUT2D eigenvalue weighted by molar-refractivity contribution is 0.0452. The third-order valence-corrected chi connectivity index (χ3v) is 10.6. The van der Waals surface area contributed by atoms with Crippen molar-refractivity contribution in [1.29, 1.82) is 0 Å². The Labute approximate surface area is 218 Å². The number of nitrogens with one attached hydrogen (secondary N) is 1. The average Bonchev–Trinajstić information content (AvgIpc) is 3.39. The summed E-state index contributed by atoms with van der Waals surface area (Å²) in [6, 6.07) is 4.03. The molecule has 0 aromatic carbocycles. The van der Waals surface area contributed by atoms with Gasteiger partial charge in [0.1, 0.15) is 5.65 Å². The summed E-state index contributed by atoms with van der Waals surface area (Å²) in [6.07, 6.45) is 7.45. The molecule has 0 radical (unpaired) electrons. The Morgan fingerprint density at radius 2 is 1.59 bits per heavy atom. The summed E-state index contributed by atoms with van der Waals surface area (Å²) in [5.41, 5.74) is 0.674. The highest BCUT2D eigenvalue weighted by atomic mass is 32.2. The van der Waals surface area contributed by atoms with Gasteiger partial charge in [-0.15, -0.1) is 0 Å². The minimum Gasteiger partial charge on any atom is -0.351 e. The van der Waals surface area contributed by atoms with Crippen LogP contribution in [0.4, 0.5) is 5.95 Å². The summed E-state index contributed by atoms with van der Waals surface area (Å²) in [6.45, 7) is 6.27. The number of aromatic nitrogens is 3. The second-order valence-corrected chi connectivity index (χ2v) is 13.0. The number of hydrogen-bond donors (Lipinski definition) is 1. The van der Waals surface area contributed by atoms with E-state index in [1.807, 2.05) is 4.57 Å². The standard InChI is InChI=1S/C25H38N8O3S/c1-29-12-14-30(15-13-29)22-17-32(18-22)37(35,36)31-10-8-20(9-11-31)27-25-26-16-19-6-7-23(34)33(24(19)28-25)21-4-2-3-5-21/h6-7,16,20-22H,2-5,8-15,17-18H2,1H3,(H,26,27,28). The van der Waals surface area contributed by atoms with Crippen molar-refractivity contribution in [2.45, 2.75) is 56.7 Å². The van der Waals surface area contributed by atoms with E-state index >= 15 is 0 Å². The maximum atomic E-state index is 13.2. The Morgan fingerprint density at radius 3 is 2.30 bits per heavy atom. The third kappa shape index (κ3) is 5.01. The highest BCUT2D eigenvalue weighted by molar-refractivity contribution is 7.86. The second-order valence-electron chi connectivity index (χ2n) is 11.1. The molecule has 0 spiro atoms. The first-order chi connectivity index (χ1) is 17.9. The first kappa shape index (κ1) is 25.2. The van der Waals surface area contributed by atoms with Gasteiger partial charge in [0, 0.05) is 88.1 Å². The van der Waals surface area contributed by atoms with E-state index in [1.54, 1.807) is 26.9 Å². The van der Waals surface area contributed by atoms with E-state index in [0.717, 1.165) is 57.2 Å². The van der Waals surface area contributed by atoms with E-state index in [4.69, 9.17) is 4.98 Å². The number of anilines is 1. The molecule has 5 heterocycles. The molecule has 12 heteroatoms. The Morgan fingerprint density at radius 1 is 0.892 bits per heavy atom. The van der Waals surface area contributed by atoms with Crippen LogP contribution in [0.1, 0.15) is 44.6 Å². The van der Waals surface area contributed by atoms with E-state index in [0.29, 0.717) is 56.7 Å². The molecule has 6 rings (SSSR count). The predicted octanol–water partition coefficient (Wildman–Crippen LogP) is 0.959. The van der Waals surface area contributed by atoms with Crippen molar-refractivity contribution in [2.75, 3.05) is 64.7 Å². The summed E-state index contributed by atoms with van der Waals surface area (Å²) in [7, 11) is -1.29. The van der Waals surface area contributed by atoms with Crippen LogP contribution in [-0.4, -0.2) is 113 Å². The van der Waals surface area contributed by atoms with Crippen LogP contribution in [0.15, 0.2) is 23.1 Å². The van der Waals surface area contributed by atoms with Gasteiger partial charge in [0.05, 0.1) is 0 Å². The topological polar surface area (TPSA) is 107 Å². The molecule has 1 N–H and O–H groups in total. The summed E-state index contributed by atoms with van der Waals surface area (Å²) < 4.78 is 31.5. The van der Waals surface area contributed by atoms with Gasteiger partial charge in [0.2, 0.25) is 5.95 Å². The molecule has 0 amide bonds. The fourth-order valence-electron chi connectivity index (χ4n) is 6.22. The maximum absolute atomic E-state index is 13.2. The molecule has 2 aromatic rings. The zero-order chi connectivity index (χ0) is 25.6. The van der Waals surface area contributed by atoms with Gasteiger partial charge in [0.15, 0.2) is 0 Å². The molecule has 3 saturated heterocycles. The van der Waals surface area contributed by atoms with Crippen LogP contribution in [0.2, 0.25) is 0 Å². The van der Waals surface area contributed by atoms with Crippen molar-refractivity contribution >= 4 is 27.2 Å². The van der Waals surface area contributed by atoms with Crippen molar-refractivity contribution in [1.82, 2.24) is 32.9 Å². The zero-order valence-electron chi connectivity index (χ0n) is 21.6. The van der Waals surface area contributed by atoms with Gasteiger partial charge in [0.25, 0.3) is 15.8 Å². The highest BCUT2D eigenvalue weighted by Gasteiger charge is 2.43. The number of hydrogen-bond acceptors (Lipinski definition) is 8. The molecule has 4 aliphatic rings. The Kier molecular flexibility index (Phi) is 6.95. The molecule has 2 aromatic heterocycles. The largest absolute Gasteiger partial charge is 0.351 e. The van der Waals surface area contributed by atoms with E-state index < -0.39 is 10.2 Å². The van der Waals surface area contributed by atoms with Crippen molar-refractivity contribution in [2.24, 2.45) is 0 Å². The first-order valence-corrected chi connectivity index (χ1v) is 15.1. The fraction of sp³-hybridized carbons (Fsp3) is 0.720. The van der Waals surface area contributed by atoms with Crippen molar-refractivity contribution in [3.05, 3.63) is 28.7 Å². The predicted molar refractivity (Wildman–Crippen MR) is 143 cm³/mol. The number of pyridine rings is 1. The quantitative estimate of drug-likeness (QED) is 0.589. The second kappa shape index (κ2) is 10.2. The number of fused-ring (bicyclic) bond motifs is 1. The summed E-state index contributed by atoms with van der Waals surface area (Å²) >= 11 is 0. The molecule has 0 bridgehead atoms. The Balaban J connectivity index is 1.06. The molecule has 1 saturated carbocycles. The summed E-state index contributed by atoms with van der Waals surface area (Å²) in [5.74, 6) is 0.504. The van der Waals surface area contributed by atoms with Crippen molar-refractivity contribution < 1.29 is 8.42 Å². The number of rotatable bonds is 6. The molecule has 0 unspecified atom stereocenters. The summed E-state index contributed by atoms with van der Waals surface area (Å²) in [4.78, 5) is 26.7. The molecular formula is C25H38N8O3S. The van der Waals surface area contributed by atoms with E-state index in [2.05, 4.69) is 27.1 Å². The van der Waals surface area contributed by atoms with Gasteiger partial charge in [-0.25, -0.2) is 4.98 Å². The Bertz CT molecular complexity index is 1270. The van der Waals surface area contributed by atoms with Crippen molar-refractivity contribution in [3.63, 3.8) is 0 Å². The van der Waals surface area contributed by atoms with E-state index in [-0.39, 0.29) is 17.6 Å². The monoisotopic (exact) mass is 530 g/mol. The first-order valence-electron chi connectivity index (χ1n) is 13.7. The van der Waals surface area contributed by atoms with Gasteiger partial charge in [-0.05, 0) is 38.8 Å². The van der Waals surface area contributed by atoms with Gasteiger partial charge >= 0.3 is 0 Å². The number of piperidine rings is 1. The normalized spacial score (nSPS) is 24.6. The third-order valence-electron chi connectivity index (χ3n) is 8.68. The molecule has 4 fully saturated rings. The molecule has 11 nitrogen and oxygen atoms in total. The lowest BCUT2D eigenvalue weighted by atomic mass is 10.1. The number of nitrogens with zero attached hydrogens (tertiary/aromatic N) is 7. The lowest BCUT2D eigenvalue weighted by Crippen LogP contribution is -2.66. The van der Waals surface area contributed by atoms with Crippen LogP contribution in [0, 0.1) is 0 Å². The molecule has 202 valence electrons. The van der Waals surface area contributed by atoms with Gasteiger partial charge in [-0.2, -0.15) is 22.0 Å². The minimum atomic E-state index is -3.42. The van der Waals surface area contributed by atoms with Crippen LogP contribution in [0.5, 0.6) is 0 Å². The lowest BCUT2D eigenvalue weighted by Gasteiger charge is -2.48. The fourth-order valence-corrected chi connectivity index (χ4v) is 7.94. The molecule has 0 atom stereocenters. The van der Waals surface area contributed by atoms with Gasteiger partial charge in [-0.1, -0.05) is 12.8 Å². The average molecular weight is 531 g/mol. The van der Waals surface area contributed by atoms with Crippen LogP contribution >= 0.6 is 0 Å². The zero-order valence-corrected chi connectivity index (χ0v) is 22.4. The van der Waals surface area contributed by atoms with Crippen LogP contribution < -0.4 is 10.9 Å². The maximum Gasteiger partial charge on any atom is 0.282 e. The van der Waals surface area contributed by atoms with E-state index in [9.17, 15) is 13.2 Å². The molecule has 3 aliphatic heterocycles. The van der Waals surface area contributed by atoms with Gasteiger partial charge in [-0.3, -0.25) is 14.3 Å². The smallest absolute Gasteiger partial charge is 0.282 e. The minimum absolute atomic E-state index is 0.0107.